The van der Waals surface area contributed by atoms with Crippen LogP contribution < -0.4 is 9.47 Å². The number of para-hydroxylation sites is 2. The lowest BCUT2D eigenvalue weighted by atomic mass is 10.0. The van der Waals surface area contributed by atoms with Crippen LogP contribution in [0.1, 0.15) is 13.8 Å². The molecular formula is C21H26O6. The summed E-state index contributed by atoms with van der Waals surface area (Å²) in [4.78, 5) is 0. The van der Waals surface area contributed by atoms with E-state index in [2.05, 4.69) is 0 Å². The SMILES string of the molecule is CC1(C)O[C@@H]([C@H](O)COc2ccccc2)[C@H]([C@H](O)COc2ccccc2)O1. The van der Waals surface area contributed by atoms with Crippen LogP contribution in [-0.2, 0) is 9.47 Å². The lowest BCUT2D eigenvalue weighted by Gasteiger charge is -2.25. The number of ether oxygens (including phenoxy) is 4. The van der Waals surface area contributed by atoms with Gasteiger partial charge in [-0.3, -0.25) is 0 Å². The molecule has 4 atom stereocenters. The number of hydrogen-bond acceptors (Lipinski definition) is 6. The molecular weight excluding hydrogens is 348 g/mol. The third kappa shape index (κ3) is 5.43. The van der Waals surface area contributed by atoms with Crippen LogP contribution >= 0.6 is 0 Å². The fourth-order valence-electron chi connectivity index (χ4n) is 3.00. The average molecular weight is 374 g/mol. The Morgan fingerprint density at radius 2 is 1.15 bits per heavy atom. The normalized spacial score (nSPS) is 23.6. The second-order valence-electron chi connectivity index (χ2n) is 6.95. The van der Waals surface area contributed by atoms with E-state index in [0.29, 0.717) is 11.5 Å². The van der Waals surface area contributed by atoms with Crippen LogP contribution in [0.25, 0.3) is 0 Å². The average Bonchev–Trinajstić information content (AvgIpc) is 3.01. The van der Waals surface area contributed by atoms with Crippen LogP contribution in [0.2, 0.25) is 0 Å². The van der Waals surface area contributed by atoms with Crippen molar-refractivity contribution in [3.8, 4) is 11.5 Å². The zero-order valence-corrected chi connectivity index (χ0v) is 15.5. The first kappa shape index (κ1) is 19.6. The molecule has 3 rings (SSSR count). The Bertz CT molecular complexity index is 631. The molecule has 1 aliphatic heterocycles. The van der Waals surface area contributed by atoms with Gasteiger partial charge in [0.25, 0.3) is 0 Å². The monoisotopic (exact) mass is 374 g/mol. The van der Waals surface area contributed by atoms with Gasteiger partial charge in [-0.25, -0.2) is 0 Å². The fraction of sp³-hybridized carbons (Fsp3) is 0.429. The number of aliphatic hydroxyl groups excluding tert-OH is 2. The third-order valence-electron chi connectivity index (χ3n) is 4.25. The molecule has 0 bridgehead atoms. The zero-order chi connectivity index (χ0) is 19.3. The minimum atomic E-state index is -0.969. The van der Waals surface area contributed by atoms with Crippen molar-refractivity contribution in [1.29, 1.82) is 0 Å². The molecule has 6 heteroatoms. The summed E-state index contributed by atoms with van der Waals surface area (Å²) in [6.45, 7) is 3.54. The molecule has 1 aliphatic rings. The summed E-state index contributed by atoms with van der Waals surface area (Å²) in [6, 6.07) is 18.4. The highest BCUT2D eigenvalue weighted by Gasteiger charge is 2.48. The lowest BCUT2D eigenvalue weighted by molar-refractivity contribution is -0.162. The minimum absolute atomic E-state index is 0.0247. The van der Waals surface area contributed by atoms with Crippen molar-refractivity contribution in [3.63, 3.8) is 0 Å². The Hall–Kier alpha value is -2.12. The molecule has 146 valence electrons. The summed E-state index contributed by atoms with van der Waals surface area (Å²) in [6.07, 6.45) is -3.41. The van der Waals surface area contributed by atoms with Crippen molar-refractivity contribution in [1.82, 2.24) is 0 Å². The van der Waals surface area contributed by atoms with Crippen molar-refractivity contribution in [2.24, 2.45) is 0 Å². The Morgan fingerprint density at radius 3 is 1.52 bits per heavy atom. The second-order valence-corrected chi connectivity index (χ2v) is 6.95. The van der Waals surface area contributed by atoms with Crippen LogP contribution in [0.3, 0.4) is 0 Å². The van der Waals surface area contributed by atoms with E-state index in [0.717, 1.165) is 0 Å². The number of hydrogen-bond donors (Lipinski definition) is 2. The molecule has 0 amide bonds. The molecule has 2 aromatic carbocycles. The van der Waals surface area contributed by atoms with E-state index in [1.165, 1.54) is 0 Å². The molecule has 1 saturated heterocycles. The summed E-state index contributed by atoms with van der Waals surface area (Å²) in [7, 11) is 0. The van der Waals surface area contributed by atoms with E-state index in [9.17, 15) is 10.2 Å². The Kier molecular flexibility index (Phi) is 6.34. The third-order valence-corrected chi connectivity index (χ3v) is 4.25. The topological polar surface area (TPSA) is 77.4 Å². The molecule has 2 N–H and O–H groups in total. The van der Waals surface area contributed by atoms with E-state index < -0.39 is 30.2 Å². The van der Waals surface area contributed by atoms with E-state index in [-0.39, 0.29) is 13.2 Å². The van der Waals surface area contributed by atoms with Gasteiger partial charge in [-0.05, 0) is 38.1 Å². The van der Waals surface area contributed by atoms with Crippen molar-refractivity contribution in [3.05, 3.63) is 60.7 Å². The highest BCUT2D eigenvalue weighted by molar-refractivity contribution is 5.21. The van der Waals surface area contributed by atoms with Gasteiger partial charge in [0, 0.05) is 0 Å². The van der Waals surface area contributed by atoms with Crippen LogP contribution in [0.4, 0.5) is 0 Å². The van der Waals surface area contributed by atoms with Gasteiger partial charge in [0.05, 0.1) is 0 Å². The van der Waals surface area contributed by atoms with Crippen molar-refractivity contribution >= 4 is 0 Å². The number of benzene rings is 2. The van der Waals surface area contributed by atoms with Crippen LogP contribution in [0.15, 0.2) is 60.7 Å². The summed E-state index contributed by atoms with van der Waals surface area (Å²) in [5.74, 6) is 0.384. The van der Waals surface area contributed by atoms with Gasteiger partial charge < -0.3 is 29.2 Å². The fourth-order valence-corrected chi connectivity index (χ4v) is 3.00. The van der Waals surface area contributed by atoms with Gasteiger partial charge in [0.1, 0.15) is 49.1 Å². The highest BCUT2D eigenvalue weighted by Crippen LogP contribution is 2.32. The van der Waals surface area contributed by atoms with Gasteiger partial charge in [-0.1, -0.05) is 36.4 Å². The number of aliphatic hydroxyl groups is 2. The molecule has 1 fully saturated rings. The van der Waals surface area contributed by atoms with Crippen LogP contribution in [0, 0.1) is 0 Å². The maximum Gasteiger partial charge on any atom is 0.164 e. The molecule has 0 radical (unpaired) electrons. The second kappa shape index (κ2) is 8.71. The Labute approximate surface area is 159 Å². The standard InChI is InChI=1S/C21H26O6/c1-21(2)26-19(17(22)13-24-15-9-5-3-6-10-15)20(27-21)18(23)14-25-16-11-7-4-8-12-16/h3-12,17-20,22-23H,13-14H2,1-2H3/t17-,18-,19+,20+/m1/s1. The highest BCUT2D eigenvalue weighted by atomic mass is 16.8. The molecule has 2 aromatic rings. The molecule has 0 unspecified atom stereocenters. The quantitative estimate of drug-likeness (QED) is 0.739. The lowest BCUT2D eigenvalue weighted by Crippen LogP contribution is -2.46. The summed E-state index contributed by atoms with van der Waals surface area (Å²) in [5.41, 5.74) is 0. The minimum Gasteiger partial charge on any atom is -0.491 e. The van der Waals surface area contributed by atoms with Crippen molar-refractivity contribution < 1.29 is 29.2 Å². The maximum absolute atomic E-state index is 10.6. The molecule has 6 nitrogen and oxygen atoms in total. The van der Waals surface area contributed by atoms with E-state index in [1.807, 2.05) is 60.7 Å². The molecule has 1 heterocycles. The van der Waals surface area contributed by atoms with E-state index in [4.69, 9.17) is 18.9 Å². The number of rotatable bonds is 8. The molecule has 0 aromatic heterocycles. The van der Waals surface area contributed by atoms with Gasteiger partial charge in [-0.2, -0.15) is 0 Å². The maximum atomic E-state index is 10.6. The first-order valence-corrected chi connectivity index (χ1v) is 9.02. The summed E-state index contributed by atoms with van der Waals surface area (Å²) < 4.78 is 22.8. The molecule has 0 aliphatic carbocycles. The Balaban J connectivity index is 1.59. The van der Waals surface area contributed by atoms with Gasteiger partial charge >= 0.3 is 0 Å². The predicted octanol–water partition coefficient (Wildman–Crippen LogP) is 2.39. The summed E-state index contributed by atoms with van der Waals surface area (Å²) in [5, 5.41) is 21.1. The summed E-state index contributed by atoms with van der Waals surface area (Å²) >= 11 is 0. The molecule has 0 spiro atoms. The smallest absolute Gasteiger partial charge is 0.164 e. The molecule has 0 saturated carbocycles. The predicted molar refractivity (Wildman–Crippen MR) is 99.7 cm³/mol. The Morgan fingerprint density at radius 1 is 0.778 bits per heavy atom. The van der Waals surface area contributed by atoms with E-state index >= 15 is 0 Å². The van der Waals surface area contributed by atoms with Crippen molar-refractivity contribution in [2.45, 2.75) is 44.1 Å². The first-order valence-electron chi connectivity index (χ1n) is 9.02. The van der Waals surface area contributed by atoms with Gasteiger partial charge in [-0.15, -0.1) is 0 Å². The molecule has 27 heavy (non-hydrogen) atoms. The van der Waals surface area contributed by atoms with E-state index in [1.54, 1.807) is 13.8 Å². The van der Waals surface area contributed by atoms with Crippen LogP contribution in [-0.4, -0.2) is 53.6 Å². The zero-order valence-electron chi connectivity index (χ0n) is 15.5. The largest absolute Gasteiger partial charge is 0.491 e. The van der Waals surface area contributed by atoms with Crippen LogP contribution in [0.5, 0.6) is 11.5 Å². The first-order chi connectivity index (χ1) is 12.9. The van der Waals surface area contributed by atoms with Gasteiger partial charge in [0.2, 0.25) is 0 Å². The van der Waals surface area contributed by atoms with Crippen molar-refractivity contribution in [2.75, 3.05) is 13.2 Å². The van der Waals surface area contributed by atoms with Gasteiger partial charge in [0.15, 0.2) is 5.79 Å².